The summed E-state index contributed by atoms with van der Waals surface area (Å²) in [6, 6.07) is 13.5. The summed E-state index contributed by atoms with van der Waals surface area (Å²) >= 11 is 0. The van der Waals surface area contributed by atoms with E-state index in [-0.39, 0.29) is 18.3 Å². The molecule has 116 valence electrons. The topological polar surface area (TPSA) is 59.3 Å². The standard InChI is InChI=1S/C17H15FN4O/c1-12(13-6-8-14(18)9-7-13)20-21-17(23)10-22-11-19-15-4-2-3-5-16(15)22/h2-9,11H,10H2,1H3,(H,21,23)/b20-12+. The number of benzene rings is 2. The van der Waals surface area contributed by atoms with E-state index in [0.29, 0.717) is 5.71 Å². The maximum Gasteiger partial charge on any atom is 0.260 e. The number of imidazole rings is 1. The van der Waals surface area contributed by atoms with Crippen molar-refractivity contribution in [3.05, 3.63) is 66.2 Å². The molecule has 0 atom stereocenters. The molecule has 5 nitrogen and oxygen atoms in total. The number of fused-ring (bicyclic) bond motifs is 1. The van der Waals surface area contributed by atoms with Gasteiger partial charge < -0.3 is 4.57 Å². The molecule has 0 fully saturated rings. The van der Waals surface area contributed by atoms with Crippen LogP contribution in [0.1, 0.15) is 12.5 Å². The number of aromatic nitrogens is 2. The highest BCUT2D eigenvalue weighted by atomic mass is 19.1. The van der Waals surface area contributed by atoms with Crippen molar-refractivity contribution in [2.75, 3.05) is 0 Å². The summed E-state index contributed by atoms with van der Waals surface area (Å²) in [6.45, 7) is 1.88. The van der Waals surface area contributed by atoms with Crippen molar-refractivity contribution in [3.8, 4) is 0 Å². The number of amides is 1. The predicted molar refractivity (Wildman–Crippen MR) is 86.5 cm³/mol. The number of nitrogens with one attached hydrogen (secondary N) is 1. The maximum absolute atomic E-state index is 12.9. The van der Waals surface area contributed by atoms with Crippen molar-refractivity contribution >= 4 is 22.7 Å². The molecule has 0 unspecified atom stereocenters. The lowest BCUT2D eigenvalue weighted by Crippen LogP contribution is -2.24. The van der Waals surface area contributed by atoms with E-state index in [1.165, 1.54) is 12.1 Å². The molecule has 0 bridgehead atoms. The second kappa shape index (κ2) is 6.39. The fourth-order valence-corrected chi connectivity index (χ4v) is 2.23. The first-order valence-electron chi connectivity index (χ1n) is 7.12. The summed E-state index contributed by atoms with van der Waals surface area (Å²) in [5.74, 6) is -0.563. The minimum absolute atomic E-state index is 0.126. The van der Waals surface area contributed by atoms with Crippen LogP contribution >= 0.6 is 0 Å². The first kappa shape index (κ1) is 14.9. The van der Waals surface area contributed by atoms with Crippen LogP contribution in [0.25, 0.3) is 11.0 Å². The van der Waals surface area contributed by atoms with Crippen LogP contribution in [0.3, 0.4) is 0 Å². The predicted octanol–water partition coefficient (Wildman–Crippen LogP) is 2.72. The Kier molecular flexibility index (Phi) is 4.14. The Labute approximate surface area is 132 Å². The molecular weight excluding hydrogens is 295 g/mol. The van der Waals surface area contributed by atoms with Crippen LogP contribution in [-0.4, -0.2) is 21.2 Å². The molecule has 0 spiro atoms. The van der Waals surface area contributed by atoms with E-state index in [1.54, 1.807) is 30.0 Å². The fraction of sp³-hybridized carbons (Fsp3) is 0.118. The smallest absolute Gasteiger partial charge is 0.260 e. The van der Waals surface area contributed by atoms with Gasteiger partial charge in [-0.1, -0.05) is 24.3 Å². The Morgan fingerprint density at radius 2 is 1.96 bits per heavy atom. The zero-order chi connectivity index (χ0) is 16.2. The van der Waals surface area contributed by atoms with Crippen LogP contribution in [0.5, 0.6) is 0 Å². The number of hydrogen-bond donors (Lipinski definition) is 1. The molecule has 0 radical (unpaired) electrons. The van der Waals surface area contributed by atoms with Gasteiger partial charge in [0.2, 0.25) is 0 Å². The van der Waals surface area contributed by atoms with E-state index in [4.69, 9.17) is 0 Å². The molecule has 1 heterocycles. The number of rotatable bonds is 4. The molecule has 0 saturated carbocycles. The van der Waals surface area contributed by atoms with Crippen LogP contribution in [0, 0.1) is 5.82 Å². The Bertz CT molecular complexity index is 868. The Morgan fingerprint density at radius 3 is 2.74 bits per heavy atom. The Balaban J connectivity index is 1.67. The van der Waals surface area contributed by atoms with Crippen molar-refractivity contribution in [1.29, 1.82) is 0 Å². The minimum atomic E-state index is -0.308. The maximum atomic E-state index is 12.9. The minimum Gasteiger partial charge on any atom is -0.321 e. The number of carbonyl (C=O) groups is 1. The zero-order valence-electron chi connectivity index (χ0n) is 12.5. The Hall–Kier alpha value is -3.02. The highest BCUT2D eigenvalue weighted by Gasteiger charge is 2.06. The van der Waals surface area contributed by atoms with Crippen LogP contribution in [-0.2, 0) is 11.3 Å². The number of para-hydroxylation sites is 2. The van der Waals surface area contributed by atoms with E-state index in [0.717, 1.165) is 16.6 Å². The quantitative estimate of drug-likeness (QED) is 0.595. The third-order valence-electron chi connectivity index (χ3n) is 3.45. The molecule has 3 rings (SSSR count). The zero-order valence-corrected chi connectivity index (χ0v) is 12.5. The molecule has 1 N–H and O–H groups in total. The van der Waals surface area contributed by atoms with Gasteiger partial charge in [0.1, 0.15) is 12.4 Å². The third-order valence-corrected chi connectivity index (χ3v) is 3.45. The lowest BCUT2D eigenvalue weighted by Gasteiger charge is -2.05. The van der Waals surface area contributed by atoms with E-state index in [9.17, 15) is 9.18 Å². The second-order valence-electron chi connectivity index (χ2n) is 5.10. The van der Waals surface area contributed by atoms with E-state index in [1.807, 2.05) is 24.3 Å². The number of hydrogen-bond acceptors (Lipinski definition) is 3. The summed E-state index contributed by atoms with van der Waals surface area (Å²) in [4.78, 5) is 16.3. The number of carbonyl (C=O) groups excluding carboxylic acids is 1. The van der Waals surface area contributed by atoms with Crippen molar-refractivity contribution < 1.29 is 9.18 Å². The average molecular weight is 310 g/mol. The first-order valence-corrected chi connectivity index (χ1v) is 7.12. The van der Waals surface area contributed by atoms with Gasteiger partial charge in [-0.3, -0.25) is 4.79 Å². The summed E-state index contributed by atoms with van der Waals surface area (Å²) in [6.07, 6.45) is 1.63. The third kappa shape index (κ3) is 3.42. The van der Waals surface area contributed by atoms with E-state index in [2.05, 4.69) is 15.5 Å². The number of halogens is 1. The summed E-state index contributed by atoms with van der Waals surface area (Å²) in [5.41, 5.74) is 5.59. The molecular formula is C17H15FN4O. The lowest BCUT2D eigenvalue weighted by molar-refractivity contribution is -0.121. The van der Waals surface area contributed by atoms with Gasteiger partial charge in [-0.2, -0.15) is 5.10 Å². The van der Waals surface area contributed by atoms with E-state index >= 15 is 0 Å². The molecule has 3 aromatic rings. The van der Waals surface area contributed by atoms with Crippen molar-refractivity contribution in [2.45, 2.75) is 13.5 Å². The summed E-state index contributed by atoms with van der Waals surface area (Å²) < 4.78 is 14.6. The first-order chi connectivity index (χ1) is 11.1. The highest BCUT2D eigenvalue weighted by molar-refractivity contribution is 5.99. The van der Waals surface area contributed by atoms with Crippen molar-refractivity contribution in [3.63, 3.8) is 0 Å². The SMILES string of the molecule is C/C(=N\NC(=O)Cn1cnc2ccccc21)c1ccc(F)cc1. The van der Waals surface area contributed by atoms with Gasteiger partial charge in [-0.25, -0.2) is 14.8 Å². The van der Waals surface area contributed by atoms with E-state index < -0.39 is 0 Å². The highest BCUT2D eigenvalue weighted by Crippen LogP contribution is 2.11. The number of nitrogens with zero attached hydrogens (tertiary/aromatic N) is 3. The molecule has 23 heavy (non-hydrogen) atoms. The fourth-order valence-electron chi connectivity index (χ4n) is 2.23. The summed E-state index contributed by atoms with van der Waals surface area (Å²) in [7, 11) is 0. The van der Waals surface area contributed by atoms with Gasteiger partial charge in [-0.15, -0.1) is 0 Å². The van der Waals surface area contributed by atoms with Gasteiger partial charge in [0.15, 0.2) is 0 Å². The van der Waals surface area contributed by atoms with Crippen LogP contribution < -0.4 is 5.43 Å². The van der Waals surface area contributed by atoms with Gasteiger partial charge in [0.05, 0.1) is 23.1 Å². The molecule has 0 saturated heterocycles. The largest absolute Gasteiger partial charge is 0.321 e. The molecule has 6 heteroatoms. The lowest BCUT2D eigenvalue weighted by atomic mass is 10.1. The monoisotopic (exact) mass is 310 g/mol. The molecule has 0 aliphatic rings. The van der Waals surface area contributed by atoms with Gasteiger partial charge >= 0.3 is 0 Å². The van der Waals surface area contributed by atoms with Crippen LogP contribution in [0.2, 0.25) is 0 Å². The van der Waals surface area contributed by atoms with Crippen LogP contribution in [0.15, 0.2) is 60.0 Å². The molecule has 0 aliphatic carbocycles. The van der Waals surface area contributed by atoms with Crippen molar-refractivity contribution in [2.24, 2.45) is 5.10 Å². The summed E-state index contributed by atoms with van der Waals surface area (Å²) in [5, 5.41) is 4.05. The average Bonchev–Trinajstić information content (AvgIpc) is 2.96. The number of hydrazone groups is 1. The Morgan fingerprint density at radius 1 is 1.22 bits per heavy atom. The molecule has 1 aromatic heterocycles. The van der Waals surface area contributed by atoms with Crippen molar-refractivity contribution in [1.82, 2.24) is 15.0 Å². The molecule has 0 aliphatic heterocycles. The molecule has 2 aromatic carbocycles. The second-order valence-corrected chi connectivity index (χ2v) is 5.10. The normalized spacial score (nSPS) is 11.7. The molecule has 1 amide bonds. The van der Waals surface area contributed by atoms with Gasteiger partial charge in [0, 0.05) is 0 Å². The van der Waals surface area contributed by atoms with Gasteiger partial charge in [-0.05, 0) is 36.8 Å². The van der Waals surface area contributed by atoms with Crippen LogP contribution in [0.4, 0.5) is 4.39 Å². The van der Waals surface area contributed by atoms with Gasteiger partial charge in [0.25, 0.3) is 5.91 Å².